The smallest absolute Gasteiger partial charge is 0.317 e. The van der Waals surface area contributed by atoms with Crippen molar-refractivity contribution in [3.8, 4) is 0 Å². The van der Waals surface area contributed by atoms with Crippen molar-refractivity contribution in [2.75, 3.05) is 32.7 Å². The molecule has 0 bridgehead atoms. The maximum absolute atomic E-state index is 12.6. The van der Waals surface area contributed by atoms with Crippen molar-refractivity contribution >= 4 is 27.9 Å². The third-order valence-electron chi connectivity index (χ3n) is 3.81. The van der Waals surface area contributed by atoms with Crippen LogP contribution in [0.5, 0.6) is 0 Å². The van der Waals surface area contributed by atoms with Crippen LogP contribution < -0.4 is 5.32 Å². The summed E-state index contributed by atoms with van der Waals surface area (Å²) in [6.07, 6.45) is 0.923. The highest BCUT2D eigenvalue weighted by molar-refractivity contribution is 9.10. The van der Waals surface area contributed by atoms with Gasteiger partial charge in [-0.2, -0.15) is 0 Å². The summed E-state index contributed by atoms with van der Waals surface area (Å²) >= 11 is 3.41. The highest BCUT2D eigenvalue weighted by Gasteiger charge is 2.25. The van der Waals surface area contributed by atoms with Crippen LogP contribution in [0.15, 0.2) is 22.7 Å². The molecule has 5 nitrogen and oxygen atoms in total. The molecule has 0 unspecified atom stereocenters. The average molecular weight is 368 g/mol. The zero-order valence-corrected chi connectivity index (χ0v) is 14.6. The molecule has 2 rings (SSSR count). The van der Waals surface area contributed by atoms with Gasteiger partial charge >= 0.3 is 6.03 Å². The van der Waals surface area contributed by atoms with Crippen LogP contribution in [0.25, 0.3) is 0 Å². The molecule has 1 aliphatic rings. The lowest BCUT2D eigenvalue weighted by molar-refractivity contribution is 0.0664. The van der Waals surface area contributed by atoms with Gasteiger partial charge < -0.3 is 15.1 Å². The molecule has 1 fully saturated rings. The van der Waals surface area contributed by atoms with Gasteiger partial charge in [0.2, 0.25) is 0 Å². The number of carbonyl (C=O) groups is 2. The van der Waals surface area contributed by atoms with E-state index >= 15 is 0 Å². The molecular formula is C16H22BrN3O2. The minimum absolute atomic E-state index is 0.0346. The van der Waals surface area contributed by atoms with Gasteiger partial charge in [0.05, 0.1) is 0 Å². The van der Waals surface area contributed by atoms with Gasteiger partial charge in [0.25, 0.3) is 5.91 Å². The summed E-state index contributed by atoms with van der Waals surface area (Å²) in [5.74, 6) is 0.0346. The number of amides is 3. The molecule has 1 aliphatic heterocycles. The van der Waals surface area contributed by atoms with Gasteiger partial charge in [-0.3, -0.25) is 4.79 Å². The predicted molar refractivity (Wildman–Crippen MR) is 90.0 cm³/mol. The van der Waals surface area contributed by atoms with E-state index in [1.165, 1.54) is 0 Å². The van der Waals surface area contributed by atoms with E-state index in [-0.39, 0.29) is 11.9 Å². The minimum atomic E-state index is -0.0346. The number of rotatable bonds is 3. The Morgan fingerprint density at radius 2 is 1.82 bits per heavy atom. The number of benzene rings is 1. The third kappa shape index (κ3) is 4.00. The third-order valence-corrected chi connectivity index (χ3v) is 4.30. The number of hydrogen-bond donors (Lipinski definition) is 1. The summed E-state index contributed by atoms with van der Waals surface area (Å²) in [5.41, 5.74) is 1.69. The van der Waals surface area contributed by atoms with Crippen LogP contribution in [0.2, 0.25) is 0 Å². The lowest BCUT2D eigenvalue weighted by Crippen LogP contribution is -2.53. The van der Waals surface area contributed by atoms with Crippen molar-refractivity contribution in [3.05, 3.63) is 33.8 Å². The standard InChI is InChI=1S/C16H22BrN3O2/c1-3-6-18-16(22)20-9-7-19(8-10-20)15(21)14-11-13(17)5-4-12(14)2/h4-5,11H,3,6-10H2,1-2H3,(H,18,22). The van der Waals surface area contributed by atoms with E-state index in [0.29, 0.717) is 32.7 Å². The monoisotopic (exact) mass is 367 g/mol. The lowest BCUT2D eigenvalue weighted by atomic mass is 10.1. The second-order valence-corrected chi connectivity index (χ2v) is 6.39. The normalized spacial score (nSPS) is 14.9. The van der Waals surface area contributed by atoms with Crippen LogP contribution >= 0.6 is 15.9 Å². The fourth-order valence-electron chi connectivity index (χ4n) is 2.45. The Morgan fingerprint density at radius 3 is 2.45 bits per heavy atom. The number of piperazine rings is 1. The Balaban J connectivity index is 1.95. The van der Waals surface area contributed by atoms with E-state index in [0.717, 1.165) is 22.0 Å². The first-order valence-electron chi connectivity index (χ1n) is 7.61. The maximum atomic E-state index is 12.6. The van der Waals surface area contributed by atoms with Gasteiger partial charge in [0.15, 0.2) is 0 Å². The van der Waals surface area contributed by atoms with Gasteiger partial charge in [0, 0.05) is 42.8 Å². The quantitative estimate of drug-likeness (QED) is 0.892. The summed E-state index contributed by atoms with van der Waals surface area (Å²) in [6, 6.07) is 5.69. The van der Waals surface area contributed by atoms with Gasteiger partial charge in [-0.15, -0.1) is 0 Å². The lowest BCUT2D eigenvalue weighted by Gasteiger charge is -2.35. The minimum Gasteiger partial charge on any atom is -0.338 e. The summed E-state index contributed by atoms with van der Waals surface area (Å²) < 4.78 is 0.902. The molecule has 6 heteroatoms. The van der Waals surface area contributed by atoms with Crippen molar-refractivity contribution < 1.29 is 9.59 Å². The van der Waals surface area contributed by atoms with Gasteiger partial charge in [0.1, 0.15) is 0 Å². The van der Waals surface area contributed by atoms with Crippen LogP contribution in [-0.4, -0.2) is 54.5 Å². The second kappa shape index (κ2) is 7.63. The highest BCUT2D eigenvalue weighted by atomic mass is 79.9. The Bertz CT molecular complexity index is 554. The Labute approximate surface area is 139 Å². The summed E-state index contributed by atoms with van der Waals surface area (Å²) in [5, 5.41) is 2.87. The molecule has 1 aromatic carbocycles. The molecule has 1 aromatic rings. The fourth-order valence-corrected chi connectivity index (χ4v) is 2.81. The van der Waals surface area contributed by atoms with Crippen molar-refractivity contribution in [1.82, 2.24) is 15.1 Å². The van der Waals surface area contributed by atoms with E-state index in [4.69, 9.17) is 0 Å². The van der Waals surface area contributed by atoms with Crippen molar-refractivity contribution in [2.45, 2.75) is 20.3 Å². The molecule has 3 amide bonds. The van der Waals surface area contributed by atoms with E-state index in [2.05, 4.69) is 21.2 Å². The zero-order valence-electron chi connectivity index (χ0n) is 13.1. The van der Waals surface area contributed by atoms with Crippen LogP contribution in [0, 0.1) is 6.92 Å². The van der Waals surface area contributed by atoms with E-state index < -0.39 is 0 Å². The molecule has 22 heavy (non-hydrogen) atoms. The van der Waals surface area contributed by atoms with Gasteiger partial charge in [-0.25, -0.2) is 4.79 Å². The number of carbonyl (C=O) groups excluding carboxylic acids is 2. The van der Waals surface area contributed by atoms with E-state index in [1.54, 1.807) is 4.90 Å². The molecule has 0 atom stereocenters. The second-order valence-electron chi connectivity index (χ2n) is 5.47. The van der Waals surface area contributed by atoms with Crippen LogP contribution in [-0.2, 0) is 0 Å². The van der Waals surface area contributed by atoms with Crippen molar-refractivity contribution in [3.63, 3.8) is 0 Å². The SMILES string of the molecule is CCCNC(=O)N1CCN(C(=O)c2cc(Br)ccc2C)CC1. The number of nitrogens with one attached hydrogen (secondary N) is 1. The zero-order chi connectivity index (χ0) is 16.1. The molecule has 0 spiro atoms. The number of aryl methyl sites for hydroxylation is 1. The Morgan fingerprint density at radius 1 is 1.18 bits per heavy atom. The van der Waals surface area contributed by atoms with Gasteiger partial charge in [-0.1, -0.05) is 28.9 Å². The molecule has 1 N–H and O–H groups in total. The van der Waals surface area contributed by atoms with E-state index in [9.17, 15) is 9.59 Å². The largest absolute Gasteiger partial charge is 0.338 e. The topological polar surface area (TPSA) is 52.7 Å². The first-order chi connectivity index (χ1) is 10.5. The van der Waals surface area contributed by atoms with Gasteiger partial charge in [-0.05, 0) is 31.0 Å². The fraction of sp³-hybridized carbons (Fsp3) is 0.500. The number of halogens is 1. The van der Waals surface area contributed by atoms with E-state index in [1.807, 2.05) is 36.9 Å². The molecular weight excluding hydrogens is 346 g/mol. The first kappa shape index (κ1) is 16.8. The maximum Gasteiger partial charge on any atom is 0.317 e. The average Bonchev–Trinajstić information content (AvgIpc) is 2.54. The molecule has 0 saturated carbocycles. The Hall–Kier alpha value is -1.56. The molecule has 0 aliphatic carbocycles. The molecule has 1 saturated heterocycles. The molecule has 120 valence electrons. The number of nitrogens with zero attached hydrogens (tertiary/aromatic N) is 2. The van der Waals surface area contributed by atoms with Crippen molar-refractivity contribution in [2.24, 2.45) is 0 Å². The number of urea groups is 1. The van der Waals surface area contributed by atoms with Crippen LogP contribution in [0.1, 0.15) is 29.3 Å². The Kier molecular flexibility index (Phi) is 5.83. The molecule has 0 radical (unpaired) electrons. The molecule has 1 heterocycles. The number of hydrogen-bond acceptors (Lipinski definition) is 2. The summed E-state index contributed by atoms with van der Waals surface area (Å²) in [6.45, 7) is 6.96. The predicted octanol–water partition coefficient (Wildman–Crippen LogP) is 2.63. The van der Waals surface area contributed by atoms with Crippen LogP contribution in [0.3, 0.4) is 0 Å². The summed E-state index contributed by atoms with van der Waals surface area (Å²) in [7, 11) is 0. The first-order valence-corrected chi connectivity index (χ1v) is 8.40. The van der Waals surface area contributed by atoms with Crippen molar-refractivity contribution in [1.29, 1.82) is 0 Å². The van der Waals surface area contributed by atoms with Crippen LogP contribution in [0.4, 0.5) is 4.79 Å². The highest BCUT2D eigenvalue weighted by Crippen LogP contribution is 2.18. The molecule has 0 aromatic heterocycles. The summed E-state index contributed by atoms with van der Waals surface area (Å²) in [4.78, 5) is 28.1.